The number of hydrogen-bond donors (Lipinski definition) is 2. The molecule has 1 saturated heterocycles. The van der Waals surface area contributed by atoms with Gasteiger partial charge in [-0.1, -0.05) is 6.92 Å². The van der Waals surface area contributed by atoms with E-state index in [1.165, 1.54) is 29.1 Å². The number of aliphatic imine (C=N–C) groups is 1. The van der Waals surface area contributed by atoms with Gasteiger partial charge in [0.05, 0.1) is 5.01 Å². The second-order valence-corrected chi connectivity index (χ2v) is 8.14. The summed E-state index contributed by atoms with van der Waals surface area (Å²) < 4.78 is 0. The molecule has 1 aliphatic carbocycles. The van der Waals surface area contributed by atoms with Gasteiger partial charge in [0, 0.05) is 55.3 Å². The minimum atomic E-state index is 0.518. The lowest BCUT2D eigenvalue weighted by atomic mass is 10.2. The van der Waals surface area contributed by atoms with Crippen molar-refractivity contribution in [2.45, 2.75) is 71.0 Å². The Morgan fingerprint density at radius 1 is 1.42 bits per heavy atom. The summed E-state index contributed by atoms with van der Waals surface area (Å²) in [4.78, 5) is 13.3. The highest BCUT2D eigenvalue weighted by atomic mass is 32.1. The van der Waals surface area contributed by atoms with Gasteiger partial charge in [-0.25, -0.2) is 4.98 Å². The highest BCUT2D eigenvalue weighted by Crippen LogP contribution is 2.33. The zero-order chi connectivity index (χ0) is 16.9. The van der Waals surface area contributed by atoms with Gasteiger partial charge in [0.2, 0.25) is 0 Å². The van der Waals surface area contributed by atoms with Crippen molar-refractivity contribution >= 4 is 17.3 Å². The fraction of sp³-hybridized carbons (Fsp3) is 0.778. The van der Waals surface area contributed by atoms with E-state index < -0.39 is 0 Å². The average molecular weight is 350 g/mol. The predicted molar refractivity (Wildman–Crippen MR) is 102 cm³/mol. The van der Waals surface area contributed by atoms with Crippen LogP contribution in [-0.4, -0.2) is 53.6 Å². The minimum absolute atomic E-state index is 0.518. The van der Waals surface area contributed by atoms with Crippen molar-refractivity contribution in [2.75, 3.05) is 19.6 Å². The van der Waals surface area contributed by atoms with Gasteiger partial charge < -0.3 is 10.6 Å². The molecule has 134 valence electrons. The van der Waals surface area contributed by atoms with Gasteiger partial charge in [-0.3, -0.25) is 9.89 Å². The summed E-state index contributed by atoms with van der Waals surface area (Å²) in [6, 6.07) is 2.06. The van der Waals surface area contributed by atoms with E-state index >= 15 is 0 Å². The van der Waals surface area contributed by atoms with Crippen LogP contribution >= 0.6 is 11.3 Å². The van der Waals surface area contributed by atoms with E-state index in [4.69, 9.17) is 4.99 Å². The Kier molecular flexibility index (Phi) is 6.11. The van der Waals surface area contributed by atoms with Gasteiger partial charge in [-0.05, 0) is 39.5 Å². The zero-order valence-corrected chi connectivity index (χ0v) is 16.0. The van der Waals surface area contributed by atoms with Crippen molar-refractivity contribution in [1.82, 2.24) is 20.5 Å². The number of thiazole rings is 1. The van der Waals surface area contributed by atoms with Crippen LogP contribution < -0.4 is 10.6 Å². The first kappa shape index (κ1) is 17.7. The number of aromatic nitrogens is 1. The Bertz CT molecular complexity index is 551. The zero-order valence-electron chi connectivity index (χ0n) is 15.2. The van der Waals surface area contributed by atoms with Gasteiger partial charge >= 0.3 is 0 Å². The number of hydrogen-bond acceptors (Lipinski definition) is 4. The first-order valence-corrected chi connectivity index (χ1v) is 10.2. The molecule has 2 aliphatic rings. The molecule has 0 radical (unpaired) electrons. The molecule has 2 atom stereocenters. The average Bonchev–Trinajstić information content (AvgIpc) is 3.19. The second-order valence-electron chi connectivity index (χ2n) is 6.94. The van der Waals surface area contributed by atoms with Crippen LogP contribution in [0, 0.1) is 0 Å². The number of rotatable bonds is 7. The molecule has 3 rings (SSSR count). The van der Waals surface area contributed by atoms with E-state index in [-0.39, 0.29) is 0 Å². The summed E-state index contributed by atoms with van der Waals surface area (Å²) >= 11 is 1.81. The fourth-order valence-corrected chi connectivity index (χ4v) is 4.33. The molecule has 2 heterocycles. The van der Waals surface area contributed by atoms with E-state index in [2.05, 4.69) is 41.3 Å². The summed E-state index contributed by atoms with van der Waals surface area (Å²) in [5.74, 6) is 0.958. The minimum Gasteiger partial charge on any atom is -0.357 e. The molecule has 24 heavy (non-hydrogen) atoms. The third-order valence-corrected chi connectivity index (χ3v) is 6.07. The maximum absolute atomic E-state index is 4.76. The molecule has 2 N–H and O–H groups in total. The van der Waals surface area contributed by atoms with Crippen molar-refractivity contribution in [3.63, 3.8) is 0 Å². The molecule has 0 spiro atoms. The summed E-state index contributed by atoms with van der Waals surface area (Å²) in [7, 11) is 0. The lowest BCUT2D eigenvalue weighted by molar-refractivity contribution is 0.256. The molecule has 2 fully saturated rings. The monoisotopic (exact) mass is 349 g/mol. The number of likely N-dealkylation sites (tertiary alicyclic amines) is 1. The first-order valence-electron chi connectivity index (χ1n) is 9.43. The van der Waals surface area contributed by atoms with Gasteiger partial charge in [-0.2, -0.15) is 0 Å². The summed E-state index contributed by atoms with van der Waals surface area (Å²) in [5, 5.41) is 8.23. The van der Waals surface area contributed by atoms with Crippen LogP contribution in [0.2, 0.25) is 0 Å². The van der Waals surface area contributed by atoms with Crippen molar-refractivity contribution in [3.8, 4) is 0 Å². The van der Waals surface area contributed by atoms with Gasteiger partial charge in [-0.15, -0.1) is 11.3 Å². The van der Waals surface area contributed by atoms with E-state index in [1.807, 2.05) is 17.5 Å². The van der Waals surface area contributed by atoms with E-state index in [0.29, 0.717) is 12.1 Å². The molecule has 0 bridgehead atoms. The smallest absolute Gasteiger partial charge is 0.191 e. The number of nitrogens with zero attached hydrogens (tertiary/aromatic N) is 3. The van der Waals surface area contributed by atoms with Crippen molar-refractivity contribution in [3.05, 3.63) is 16.1 Å². The Labute approximate surface area is 150 Å². The van der Waals surface area contributed by atoms with Gasteiger partial charge in [0.15, 0.2) is 5.96 Å². The van der Waals surface area contributed by atoms with Gasteiger partial charge in [0.1, 0.15) is 0 Å². The van der Waals surface area contributed by atoms with Crippen LogP contribution in [0.4, 0.5) is 0 Å². The molecule has 1 aromatic rings. The number of nitrogens with one attached hydrogen (secondary N) is 2. The van der Waals surface area contributed by atoms with E-state index in [9.17, 15) is 0 Å². The third kappa shape index (κ3) is 4.70. The van der Waals surface area contributed by atoms with E-state index in [1.54, 1.807) is 0 Å². The SMILES string of the molecule is CCNC(=NCCc1ncc(CC)s1)NC1CC(C)N(C2CC2)C1. The van der Waals surface area contributed by atoms with Crippen molar-refractivity contribution in [2.24, 2.45) is 4.99 Å². The Morgan fingerprint density at radius 3 is 2.92 bits per heavy atom. The van der Waals surface area contributed by atoms with Crippen LogP contribution in [0.15, 0.2) is 11.2 Å². The summed E-state index contributed by atoms with van der Waals surface area (Å²) in [5.41, 5.74) is 0. The number of aryl methyl sites for hydroxylation is 1. The molecule has 6 heteroatoms. The third-order valence-electron chi connectivity index (χ3n) is 4.87. The standard InChI is InChI=1S/C18H31N5S/c1-4-16-11-21-17(24-16)8-9-20-18(19-5-2)22-14-10-13(3)23(12-14)15-6-7-15/h11,13-15H,4-10,12H2,1-3H3,(H2,19,20,22). The van der Waals surface area contributed by atoms with Crippen molar-refractivity contribution in [1.29, 1.82) is 0 Å². The van der Waals surface area contributed by atoms with E-state index in [0.717, 1.165) is 44.5 Å². The molecule has 2 unspecified atom stereocenters. The number of guanidine groups is 1. The summed E-state index contributed by atoms with van der Waals surface area (Å²) in [6.07, 6.45) is 7.99. The Hall–Kier alpha value is -1.14. The van der Waals surface area contributed by atoms with Crippen LogP contribution in [0.25, 0.3) is 0 Å². The molecule has 5 nitrogen and oxygen atoms in total. The Morgan fingerprint density at radius 2 is 2.25 bits per heavy atom. The van der Waals surface area contributed by atoms with Crippen LogP contribution in [0.3, 0.4) is 0 Å². The summed E-state index contributed by atoms with van der Waals surface area (Å²) in [6.45, 7) is 9.51. The first-order chi connectivity index (χ1) is 11.7. The largest absolute Gasteiger partial charge is 0.357 e. The molecular weight excluding hydrogens is 318 g/mol. The molecule has 1 saturated carbocycles. The quantitative estimate of drug-likeness (QED) is 0.586. The van der Waals surface area contributed by atoms with Crippen molar-refractivity contribution < 1.29 is 0 Å². The molecular formula is C18H31N5S. The predicted octanol–water partition coefficient (Wildman–Crippen LogP) is 2.43. The van der Waals surface area contributed by atoms with Crippen LogP contribution in [0.1, 0.15) is 49.9 Å². The topological polar surface area (TPSA) is 52.6 Å². The Balaban J connectivity index is 1.50. The molecule has 1 aliphatic heterocycles. The van der Waals surface area contributed by atoms with Gasteiger partial charge in [0.25, 0.3) is 0 Å². The molecule has 0 amide bonds. The molecule has 1 aromatic heterocycles. The lowest BCUT2D eigenvalue weighted by Gasteiger charge is -2.20. The van der Waals surface area contributed by atoms with Crippen LogP contribution in [0.5, 0.6) is 0 Å². The maximum Gasteiger partial charge on any atom is 0.191 e. The normalized spacial score (nSPS) is 25.2. The highest BCUT2D eigenvalue weighted by molar-refractivity contribution is 7.11. The second kappa shape index (κ2) is 8.30. The highest BCUT2D eigenvalue weighted by Gasteiger charge is 2.38. The maximum atomic E-state index is 4.76. The fourth-order valence-electron chi connectivity index (χ4n) is 3.48. The molecule has 0 aromatic carbocycles. The van der Waals surface area contributed by atoms with Crippen LogP contribution in [-0.2, 0) is 12.8 Å². The lowest BCUT2D eigenvalue weighted by Crippen LogP contribution is -2.44.